The van der Waals surface area contributed by atoms with Gasteiger partial charge in [-0.15, -0.1) is 0 Å². The lowest BCUT2D eigenvalue weighted by atomic mass is 10.2. The molecule has 0 aliphatic heterocycles. The monoisotopic (exact) mass is 427 g/mol. The van der Waals surface area contributed by atoms with Gasteiger partial charge in [-0.1, -0.05) is 42.4 Å². The van der Waals surface area contributed by atoms with Gasteiger partial charge in [0.05, 0.1) is 5.75 Å². The quantitative estimate of drug-likeness (QED) is 0.348. The Balaban J connectivity index is 1.63. The number of fused-ring (bicyclic) bond motifs is 3. The van der Waals surface area contributed by atoms with Gasteiger partial charge in [0.1, 0.15) is 11.1 Å². The summed E-state index contributed by atoms with van der Waals surface area (Å²) in [6.07, 6.45) is 0.762. The van der Waals surface area contributed by atoms with Crippen LogP contribution in [0.15, 0.2) is 62.9 Å². The predicted molar refractivity (Wildman–Crippen MR) is 117 cm³/mol. The van der Waals surface area contributed by atoms with Crippen molar-refractivity contribution in [1.29, 1.82) is 0 Å². The molecule has 4 rings (SSSR count). The number of rotatable bonds is 6. The Morgan fingerprint density at radius 2 is 1.97 bits per heavy atom. The van der Waals surface area contributed by atoms with Crippen molar-refractivity contribution in [3.8, 4) is 0 Å². The standard InChI is InChI=1S/C21H18ClN3O3S/c1-2-11-25-20(27)19-18(15-5-3-4-6-16(15)28-19)24-21(25)29-12-17(26)23-14-9-7-13(22)8-10-14/h3-10H,2,11-12H2,1H3,(H,23,26). The number of aromatic nitrogens is 2. The minimum absolute atomic E-state index is 0.125. The number of hydrogen-bond donors (Lipinski definition) is 1. The lowest BCUT2D eigenvalue weighted by molar-refractivity contribution is -0.113. The third kappa shape index (κ3) is 4.02. The minimum Gasteiger partial charge on any atom is -0.448 e. The Labute approximate surface area is 175 Å². The van der Waals surface area contributed by atoms with Crippen LogP contribution in [-0.4, -0.2) is 21.2 Å². The van der Waals surface area contributed by atoms with Gasteiger partial charge in [-0.05, 0) is 42.8 Å². The average molecular weight is 428 g/mol. The fourth-order valence-corrected chi connectivity index (χ4v) is 3.99. The van der Waals surface area contributed by atoms with Crippen LogP contribution in [0.2, 0.25) is 5.02 Å². The van der Waals surface area contributed by atoms with E-state index >= 15 is 0 Å². The van der Waals surface area contributed by atoms with E-state index in [-0.39, 0.29) is 22.8 Å². The van der Waals surface area contributed by atoms with E-state index in [0.717, 1.165) is 11.8 Å². The highest BCUT2D eigenvalue weighted by molar-refractivity contribution is 7.99. The number of furan rings is 1. The third-order valence-electron chi connectivity index (χ3n) is 4.35. The maximum absolute atomic E-state index is 13.0. The number of nitrogens with zero attached hydrogens (tertiary/aromatic N) is 2. The molecule has 2 aromatic heterocycles. The molecule has 0 saturated carbocycles. The fourth-order valence-electron chi connectivity index (χ4n) is 3.04. The molecule has 4 aromatic rings. The number of nitrogens with one attached hydrogen (secondary N) is 1. The smallest absolute Gasteiger partial charge is 0.297 e. The Morgan fingerprint density at radius 1 is 1.21 bits per heavy atom. The van der Waals surface area contributed by atoms with Gasteiger partial charge in [0.15, 0.2) is 5.16 Å². The summed E-state index contributed by atoms with van der Waals surface area (Å²) >= 11 is 7.10. The number of amides is 1. The van der Waals surface area contributed by atoms with Crippen molar-refractivity contribution in [2.45, 2.75) is 25.0 Å². The zero-order valence-electron chi connectivity index (χ0n) is 15.6. The first kappa shape index (κ1) is 19.5. The average Bonchev–Trinajstić information content (AvgIpc) is 3.09. The fraction of sp³-hybridized carbons (Fsp3) is 0.190. The molecular weight excluding hydrogens is 410 g/mol. The van der Waals surface area contributed by atoms with E-state index in [1.807, 2.05) is 31.2 Å². The summed E-state index contributed by atoms with van der Waals surface area (Å²) in [6.45, 7) is 2.48. The van der Waals surface area contributed by atoms with E-state index < -0.39 is 0 Å². The van der Waals surface area contributed by atoms with Gasteiger partial charge in [0.2, 0.25) is 11.5 Å². The molecule has 0 aliphatic carbocycles. The van der Waals surface area contributed by atoms with Gasteiger partial charge in [-0.3, -0.25) is 14.2 Å². The molecular formula is C21H18ClN3O3S. The Hall–Kier alpha value is -2.77. The van der Waals surface area contributed by atoms with E-state index in [2.05, 4.69) is 10.3 Å². The summed E-state index contributed by atoms with van der Waals surface area (Å²) < 4.78 is 7.32. The topological polar surface area (TPSA) is 77.1 Å². The maximum Gasteiger partial charge on any atom is 0.297 e. The van der Waals surface area contributed by atoms with Crippen molar-refractivity contribution >= 4 is 57.0 Å². The second-order valence-electron chi connectivity index (χ2n) is 6.47. The van der Waals surface area contributed by atoms with Gasteiger partial charge in [-0.25, -0.2) is 4.98 Å². The molecule has 0 aliphatic rings. The molecule has 6 nitrogen and oxygen atoms in total. The van der Waals surface area contributed by atoms with Crippen molar-refractivity contribution in [2.75, 3.05) is 11.1 Å². The van der Waals surface area contributed by atoms with Crippen molar-refractivity contribution in [2.24, 2.45) is 0 Å². The van der Waals surface area contributed by atoms with Gasteiger partial charge in [-0.2, -0.15) is 0 Å². The molecule has 0 unspecified atom stereocenters. The molecule has 0 radical (unpaired) electrons. The molecule has 8 heteroatoms. The van der Waals surface area contributed by atoms with Crippen LogP contribution in [0.4, 0.5) is 5.69 Å². The maximum atomic E-state index is 13.0. The molecule has 0 atom stereocenters. The Bertz CT molecular complexity index is 1250. The Kier molecular flexibility index (Phi) is 5.60. The molecule has 0 saturated heterocycles. The van der Waals surface area contributed by atoms with Crippen LogP contribution < -0.4 is 10.9 Å². The van der Waals surface area contributed by atoms with Gasteiger partial charge in [0, 0.05) is 22.6 Å². The molecule has 1 amide bonds. The summed E-state index contributed by atoms with van der Waals surface area (Å²) in [7, 11) is 0. The number of halogens is 1. The number of carbonyl (C=O) groups is 1. The van der Waals surface area contributed by atoms with Crippen LogP contribution in [0.25, 0.3) is 22.1 Å². The van der Waals surface area contributed by atoms with Crippen LogP contribution in [0.1, 0.15) is 13.3 Å². The third-order valence-corrected chi connectivity index (χ3v) is 5.58. The first-order chi connectivity index (χ1) is 14.1. The molecule has 148 valence electrons. The second-order valence-corrected chi connectivity index (χ2v) is 7.85. The number of para-hydroxylation sites is 1. The predicted octanol–water partition coefficient (Wildman–Crippen LogP) is 4.94. The number of thioether (sulfide) groups is 1. The second kappa shape index (κ2) is 8.31. The van der Waals surface area contributed by atoms with Crippen molar-refractivity contribution in [3.05, 3.63) is 63.9 Å². The minimum atomic E-state index is -0.228. The molecule has 29 heavy (non-hydrogen) atoms. The van der Waals surface area contributed by atoms with Crippen LogP contribution >= 0.6 is 23.4 Å². The first-order valence-electron chi connectivity index (χ1n) is 9.17. The van der Waals surface area contributed by atoms with E-state index in [9.17, 15) is 9.59 Å². The molecule has 2 heterocycles. The lowest BCUT2D eigenvalue weighted by Gasteiger charge is -2.10. The SMILES string of the molecule is CCCn1c(SCC(=O)Nc2ccc(Cl)cc2)nc2c(oc3ccccc32)c1=O. The summed E-state index contributed by atoms with van der Waals surface area (Å²) in [4.78, 5) is 30.0. The lowest BCUT2D eigenvalue weighted by Crippen LogP contribution is -2.23. The summed E-state index contributed by atoms with van der Waals surface area (Å²) in [5.74, 6) is -0.0631. The normalized spacial score (nSPS) is 11.2. The number of hydrogen-bond acceptors (Lipinski definition) is 5. The van der Waals surface area contributed by atoms with Gasteiger partial charge >= 0.3 is 0 Å². The zero-order chi connectivity index (χ0) is 20.4. The van der Waals surface area contributed by atoms with Crippen LogP contribution in [-0.2, 0) is 11.3 Å². The highest BCUT2D eigenvalue weighted by Crippen LogP contribution is 2.27. The molecule has 0 bridgehead atoms. The van der Waals surface area contributed by atoms with Gasteiger partial charge in [0.25, 0.3) is 5.56 Å². The largest absolute Gasteiger partial charge is 0.448 e. The van der Waals surface area contributed by atoms with Gasteiger partial charge < -0.3 is 9.73 Å². The van der Waals surface area contributed by atoms with Crippen LogP contribution in [0, 0.1) is 0 Å². The number of benzene rings is 2. The Morgan fingerprint density at radius 3 is 2.72 bits per heavy atom. The van der Waals surface area contributed by atoms with E-state index in [1.165, 1.54) is 11.8 Å². The molecule has 0 spiro atoms. The molecule has 1 N–H and O–H groups in total. The van der Waals surface area contributed by atoms with Crippen molar-refractivity contribution in [1.82, 2.24) is 9.55 Å². The highest BCUT2D eigenvalue weighted by atomic mass is 35.5. The summed E-state index contributed by atoms with van der Waals surface area (Å²) in [5.41, 5.74) is 1.83. The summed E-state index contributed by atoms with van der Waals surface area (Å²) in [6, 6.07) is 14.3. The highest BCUT2D eigenvalue weighted by Gasteiger charge is 2.18. The van der Waals surface area contributed by atoms with E-state index in [4.69, 9.17) is 16.0 Å². The zero-order valence-corrected chi connectivity index (χ0v) is 17.2. The molecule has 0 fully saturated rings. The van der Waals surface area contributed by atoms with E-state index in [1.54, 1.807) is 28.8 Å². The van der Waals surface area contributed by atoms with Crippen molar-refractivity contribution in [3.63, 3.8) is 0 Å². The van der Waals surface area contributed by atoms with E-state index in [0.29, 0.717) is 33.5 Å². The summed E-state index contributed by atoms with van der Waals surface area (Å²) in [5, 5.41) is 4.71. The first-order valence-corrected chi connectivity index (χ1v) is 10.5. The van der Waals surface area contributed by atoms with Crippen molar-refractivity contribution < 1.29 is 9.21 Å². The van der Waals surface area contributed by atoms with Crippen LogP contribution in [0.3, 0.4) is 0 Å². The van der Waals surface area contributed by atoms with Crippen LogP contribution in [0.5, 0.6) is 0 Å². The number of carbonyl (C=O) groups excluding carboxylic acids is 1. The molecule has 2 aromatic carbocycles. The number of anilines is 1.